The van der Waals surface area contributed by atoms with Gasteiger partial charge in [0.1, 0.15) is 0 Å². The van der Waals surface area contributed by atoms with Gasteiger partial charge < -0.3 is 0 Å². The molecule has 1 heterocycles. The van der Waals surface area contributed by atoms with Crippen LogP contribution in [0.5, 0.6) is 0 Å². The Morgan fingerprint density at radius 2 is 0.702 bits per heavy atom. The van der Waals surface area contributed by atoms with Gasteiger partial charge in [-0.2, -0.15) is 0 Å². The lowest BCUT2D eigenvalue weighted by molar-refractivity contribution is 1.63. The third-order valence-electron chi connectivity index (χ3n) is 9.85. The van der Waals surface area contributed by atoms with Gasteiger partial charge in [0.25, 0.3) is 0 Å². The van der Waals surface area contributed by atoms with E-state index >= 15 is 0 Å². The quantitative estimate of drug-likeness (QED) is 0.138. The molecule has 0 saturated heterocycles. The number of fused-ring (bicyclic) bond motifs is 8. The molecule has 0 bridgehead atoms. The summed E-state index contributed by atoms with van der Waals surface area (Å²) in [5.74, 6) is 0. The normalized spacial score (nSPS) is 11.8. The van der Waals surface area contributed by atoms with Crippen LogP contribution < -0.4 is 0 Å². The summed E-state index contributed by atoms with van der Waals surface area (Å²) >= 11 is 1.87. The second kappa shape index (κ2) is 10.4. The minimum atomic E-state index is 1.23. The molecule has 218 valence electrons. The fraction of sp³-hybridized carbons (Fsp3) is 0. The Hall–Kier alpha value is -5.76. The molecule has 1 aromatic heterocycles. The second-order valence-electron chi connectivity index (χ2n) is 12.5. The molecule has 10 rings (SSSR count). The maximum Gasteiger partial charge on any atom is 0.0355 e. The Balaban J connectivity index is 1.15. The largest absolute Gasteiger partial charge is 0.135 e. The molecule has 0 aliphatic heterocycles. The fourth-order valence-corrected chi connectivity index (χ4v) is 8.73. The van der Waals surface area contributed by atoms with Crippen LogP contribution in [0.15, 0.2) is 170 Å². The van der Waals surface area contributed by atoms with Gasteiger partial charge in [-0.3, -0.25) is 0 Å². The van der Waals surface area contributed by atoms with Crippen molar-refractivity contribution >= 4 is 74.6 Å². The van der Waals surface area contributed by atoms with Gasteiger partial charge in [-0.05, 0) is 101 Å². The lowest BCUT2D eigenvalue weighted by Crippen LogP contribution is -1.91. The van der Waals surface area contributed by atoms with Gasteiger partial charge in [-0.15, -0.1) is 11.3 Å². The van der Waals surface area contributed by atoms with Crippen LogP contribution >= 0.6 is 11.3 Å². The summed E-state index contributed by atoms with van der Waals surface area (Å²) in [7, 11) is 0. The van der Waals surface area contributed by atoms with E-state index in [-0.39, 0.29) is 0 Å². The highest BCUT2D eigenvalue weighted by Crippen LogP contribution is 2.45. The van der Waals surface area contributed by atoms with Crippen LogP contribution in [0, 0.1) is 0 Å². The zero-order chi connectivity index (χ0) is 30.9. The van der Waals surface area contributed by atoms with E-state index in [1.165, 1.54) is 96.6 Å². The Labute approximate surface area is 276 Å². The van der Waals surface area contributed by atoms with Crippen LogP contribution in [0.25, 0.3) is 96.6 Å². The van der Waals surface area contributed by atoms with E-state index in [1.807, 2.05) is 11.3 Å². The highest BCUT2D eigenvalue weighted by atomic mass is 32.1. The highest BCUT2D eigenvalue weighted by molar-refractivity contribution is 7.25. The molecule has 0 nitrogen and oxygen atoms in total. The van der Waals surface area contributed by atoms with Crippen molar-refractivity contribution in [2.24, 2.45) is 0 Å². The Morgan fingerprint density at radius 1 is 0.255 bits per heavy atom. The van der Waals surface area contributed by atoms with Crippen molar-refractivity contribution in [1.82, 2.24) is 0 Å². The highest BCUT2D eigenvalue weighted by Gasteiger charge is 2.17. The standard InChI is InChI=1S/C46H28S/c1-2-10-35-30(9-1)19-20-31-21-24-33(27-41(31)35)29-17-22-32(23-18-29)45-37-12-3-5-14-39(37)46(40-15-6-4-13-38(40)45)34-25-26-44-42(28-34)36-11-7-8-16-43(36)47-44/h1-28H. The van der Waals surface area contributed by atoms with Crippen LogP contribution in [0.4, 0.5) is 0 Å². The topological polar surface area (TPSA) is 0 Å². The van der Waals surface area contributed by atoms with E-state index in [0.29, 0.717) is 0 Å². The van der Waals surface area contributed by atoms with Gasteiger partial charge in [0.15, 0.2) is 0 Å². The number of benzene rings is 9. The molecule has 47 heavy (non-hydrogen) atoms. The van der Waals surface area contributed by atoms with E-state index in [1.54, 1.807) is 0 Å². The van der Waals surface area contributed by atoms with Crippen LogP contribution in [0.1, 0.15) is 0 Å². The van der Waals surface area contributed by atoms with Crippen molar-refractivity contribution in [2.75, 3.05) is 0 Å². The summed E-state index contributed by atoms with van der Waals surface area (Å²) in [5, 5.41) is 12.9. The van der Waals surface area contributed by atoms with Crippen LogP contribution in [-0.2, 0) is 0 Å². The third kappa shape index (κ3) is 4.14. The Morgan fingerprint density at radius 3 is 1.40 bits per heavy atom. The second-order valence-corrected chi connectivity index (χ2v) is 13.5. The van der Waals surface area contributed by atoms with Crippen molar-refractivity contribution < 1.29 is 0 Å². The summed E-state index contributed by atoms with van der Waals surface area (Å²) in [6.45, 7) is 0. The van der Waals surface area contributed by atoms with Crippen molar-refractivity contribution in [1.29, 1.82) is 0 Å². The zero-order valence-electron chi connectivity index (χ0n) is 25.6. The molecule has 0 fully saturated rings. The summed E-state index contributed by atoms with van der Waals surface area (Å²) in [5.41, 5.74) is 7.56. The van der Waals surface area contributed by atoms with Crippen LogP contribution in [0.3, 0.4) is 0 Å². The van der Waals surface area contributed by atoms with Gasteiger partial charge >= 0.3 is 0 Å². The van der Waals surface area contributed by atoms with Gasteiger partial charge in [0.2, 0.25) is 0 Å². The number of hydrogen-bond acceptors (Lipinski definition) is 1. The zero-order valence-corrected chi connectivity index (χ0v) is 26.4. The van der Waals surface area contributed by atoms with E-state index in [0.717, 1.165) is 0 Å². The maximum atomic E-state index is 2.41. The molecule has 9 aromatic carbocycles. The molecule has 0 saturated carbocycles. The van der Waals surface area contributed by atoms with Gasteiger partial charge in [-0.1, -0.05) is 146 Å². The summed E-state index contributed by atoms with van der Waals surface area (Å²) < 4.78 is 2.67. The molecule has 0 atom stereocenters. The Bertz CT molecular complexity index is 2780. The van der Waals surface area contributed by atoms with Crippen molar-refractivity contribution in [3.8, 4) is 33.4 Å². The molecule has 0 unspecified atom stereocenters. The average Bonchev–Trinajstić information content (AvgIpc) is 3.51. The first kappa shape index (κ1) is 26.5. The lowest BCUT2D eigenvalue weighted by Gasteiger charge is -2.18. The third-order valence-corrected chi connectivity index (χ3v) is 11.0. The van der Waals surface area contributed by atoms with Crippen LogP contribution in [0.2, 0.25) is 0 Å². The van der Waals surface area contributed by atoms with E-state index < -0.39 is 0 Å². The van der Waals surface area contributed by atoms with Gasteiger partial charge in [0.05, 0.1) is 0 Å². The number of rotatable bonds is 3. The maximum absolute atomic E-state index is 2.41. The number of hydrogen-bond donors (Lipinski definition) is 0. The number of thiophene rings is 1. The molecule has 0 aliphatic rings. The molecular formula is C46H28S. The predicted molar refractivity (Wildman–Crippen MR) is 206 cm³/mol. The first-order chi connectivity index (χ1) is 23.3. The van der Waals surface area contributed by atoms with E-state index in [4.69, 9.17) is 0 Å². The van der Waals surface area contributed by atoms with Crippen LogP contribution in [-0.4, -0.2) is 0 Å². The van der Waals surface area contributed by atoms with E-state index in [2.05, 4.69) is 170 Å². The monoisotopic (exact) mass is 612 g/mol. The van der Waals surface area contributed by atoms with Gasteiger partial charge in [-0.25, -0.2) is 0 Å². The molecule has 0 amide bonds. The molecular weight excluding hydrogens is 585 g/mol. The van der Waals surface area contributed by atoms with Gasteiger partial charge in [0, 0.05) is 20.2 Å². The first-order valence-electron chi connectivity index (χ1n) is 16.2. The van der Waals surface area contributed by atoms with Crippen molar-refractivity contribution in [2.45, 2.75) is 0 Å². The van der Waals surface area contributed by atoms with Crippen molar-refractivity contribution in [3.63, 3.8) is 0 Å². The summed E-state index contributed by atoms with van der Waals surface area (Å²) in [6, 6.07) is 62.8. The summed E-state index contributed by atoms with van der Waals surface area (Å²) in [6.07, 6.45) is 0. The average molecular weight is 613 g/mol. The molecule has 0 spiro atoms. The fourth-order valence-electron chi connectivity index (χ4n) is 7.64. The Kier molecular flexibility index (Phi) is 5.85. The molecule has 0 N–H and O–H groups in total. The molecule has 0 radical (unpaired) electrons. The first-order valence-corrected chi connectivity index (χ1v) is 17.0. The predicted octanol–water partition coefficient (Wildman–Crippen LogP) is 13.7. The SMILES string of the molecule is c1ccc2c(c1)ccc1ccc(-c3ccc(-c4c5ccccc5c(-c5ccc6sc7ccccc7c6c5)c5ccccc45)cc3)cc12. The smallest absolute Gasteiger partial charge is 0.0355 e. The molecule has 10 aromatic rings. The minimum Gasteiger partial charge on any atom is -0.135 e. The summed E-state index contributed by atoms with van der Waals surface area (Å²) in [4.78, 5) is 0. The lowest BCUT2D eigenvalue weighted by atomic mass is 9.85. The molecule has 1 heteroatoms. The molecule has 0 aliphatic carbocycles. The van der Waals surface area contributed by atoms with Crippen molar-refractivity contribution in [3.05, 3.63) is 170 Å². The van der Waals surface area contributed by atoms with E-state index in [9.17, 15) is 0 Å². The minimum absolute atomic E-state index is 1.23.